The van der Waals surface area contributed by atoms with Gasteiger partial charge in [-0.05, 0) is 12.3 Å². The van der Waals surface area contributed by atoms with Crippen LogP contribution in [0.25, 0.3) is 0 Å². The Morgan fingerprint density at radius 3 is 2.91 bits per heavy atom. The van der Waals surface area contributed by atoms with Crippen LogP contribution in [0.3, 0.4) is 0 Å². The molecule has 2 unspecified atom stereocenters. The fourth-order valence-corrected chi connectivity index (χ4v) is 1.68. The SMILES string of the molecule is CC1CC(O)CN(CC=O)C1. The zero-order chi connectivity index (χ0) is 8.27. The monoisotopic (exact) mass is 157 g/mol. The highest BCUT2D eigenvalue weighted by atomic mass is 16.3. The molecule has 1 saturated heterocycles. The Morgan fingerprint density at radius 2 is 2.36 bits per heavy atom. The Bertz CT molecular complexity index is 128. The van der Waals surface area contributed by atoms with Crippen LogP contribution >= 0.6 is 0 Å². The molecule has 1 heterocycles. The lowest BCUT2D eigenvalue weighted by molar-refractivity contribution is -0.109. The lowest BCUT2D eigenvalue weighted by atomic mass is 9.98. The second-order valence-electron chi connectivity index (χ2n) is 3.38. The van der Waals surface area contributed by atoms with E-state index in [2.05, 4.69) is 6.92 Å². The molecule has 0 bridgehead atoms. The third kappa shape index (κ3) is 2.60. The van der Waals surface area contributed by atoms with Gasteiger partial charge >= 0.3 is 0 Å². The van der Waals surface area contributed by atoms with E-state index in [1.807, 2.05) is 4.90 Å². The van der Waals surface area contributed by atoms with Crippen molar-refractivity contribution in [2.45, 2.75) is 19.4 Å². The van der Waals surface area contributed by atoms with Gasteiger partial charge in [0.05, 0.1) is 12.6 Å². The predicted molar refractivity (Wildman–Crippen MR) is 42.3 cm³/mol. The Morgan fingerprint density at radius 1 is 1.64 bits per heavy atom. The molecule has 0 saturated carbocycles. The van der Waals surface area contributed by atoms with Gasteiger partial charge < -0.3 is 9.90 Å². The Balaban J connectivity index is 2.36. The molecule has 1 N–H and O–H groups in total. The third-order valence-electron chi connectivity index (χ3n) is 2.05. The minimum Gasteiger partial charge on any atom is -0.392 e. The van der Waals surface area contributed by atoms with E-state index in [0.29, 0.717) is 19.0 Å². The van der Waals surface area contributed by atoms with Gasteiger partial charge in [0.1, 0.15) is 6.29 Å². The van der Waals surface area contributed by atoms with E-state index < -0.39 is 0 Å². The summed E-state index contributed by atoms with van der Waals surface area (Å²) >= 11 is 0. The maximum absolute atomic E-state index is 10.2. The molecule has 0 aliphatic carbocycles. The highest BCUT2D eigenvalue weighted by Gasteiger charge is 2.21. The number of hydrogen-bond donors (Lipinski definition) is 1. The Hall–Kier alpha value is -0.410. The van der Waals surface area contributed by atoms with Crippen molar-refractivity contribution in [1.29, 1.82) is 0 Å². The summed E-state index contributed by atoms with van der Waals surface area (Å²) in [6.07, 6.45) is 1.53. The number of aliphatic hydroxyl groups is 1. The number of hydrogen-bond acceptors (Lipinski definition) is 3. The van der Waals surface area contributed by atoms with Crippen LogP contribution in [0.4, 0.5) is 0 Å². The van der Waals surface area contributed by atoms with E-state index in [9.17, 15) is 9.90 Å². The average Bonchev–Trinajstić information content (AvgIpc) is 1.85. The summed E-state index contributed by atoms with van der Waals surface area (Å²) in [5, 5.41) is 9.32. The quantitative estimate of drug-likeness (QED) is 0.568. The predicted octanol–water partition coefficient (Wildman–Crippen LogP) is -0.112. The van der Waals surface area contributed by atoms with Gasteiger partial charge in [-0.2, -0.15) is 0 Å². The largest absolute Gasteiger partial charge is 0.392 e. The number of rotatable bonds is 2. The highest BCUT2D eigenvalue weighted by molar-refractivity contribution is 5.51. The van der Waals surface area contributed by atoms with Gasteiger partial charge in [-0.3, -0.25) is 4.90 Å². The molecule has 0 aromatic heterocycles. The number of piperidine rings is 1. The first kappa shape index (κ1) is 8.68. The summed E-state index contributed by atoms with van der Waals surface area (Å²) in [4.78, 5) is 12.2. The summed E-state index contributed by atoms with van der Waals surface area (Å²) < 4.78 is 0. The highest BCUT2D eigenvalue weighted by Crippen LogP contribution is 2.14. The Kier molecular flexibility index (Phi) is 3.02. The van der Waals surface area contributed by atoms with Crippen LogP contribution < -0.4 is 0 Å². The van der Waals surface area contributed by atoms with Crippen LogP contribution in [-0.4, -0.2) is 42.0 Å². The Labute approximate surface area is 67.0 Å². The number of aliphatic hydroxyl groups excluding tert-OH is 1. The summed E-state index contributed by atoms with van der Waals surface area (Å²) in [5.41, 5.74) is 0. The fourth-order valence-electron chi connectivity index (χ4n) is 1.68. The van der Waals surface area contributed by atoms with Crippen molar-refractivity contribution in [2.75, 3.05) is 19.6 Å². The van der Waals surface area contributed by atoms with Crippen LogP contribution in [0.15, 0.2) is 0 Å². The standard InChI is InChI=1S/C8H15NO2/c1-7-4-8(11)6-9(5-7)2-3-10/h3,7-8,11H,2,4-6H2,1H3. The second-order valence-corrected chi connectivity index (χ2v) is 3.38. The smallest absolute Gasteiger partial charge is 0.133 e. The molecule has 0 spiro atoms. The second kappa shape index (κ2) is 3.83. The summed E-state index contributed by atoms with van der Waals surface area (Å²) in [7, 11) is 0. The van der Waals surface area contributed by atoms with Gasteiger partial charge in [0.25, 0.3) is 0 Å². The molecule has 0 aromatic carbocycles. The van der Waals surface area contributed by atoms with E-state index >= 15 is 0 Å². The number of likely N-dealkylation sites (tertiary alicyclic amines) is 1. The van der Waals surface area contributed by atoms with Gasteiger partial charge in [0, 0.05) is 13.1 Å². The van der Waals surface area contributed by atoms with Crippen molar-refractivity contribution in [3.05, 3.63) is 0 Å². The molecule has 1 aliphatic rings. The number of carbonyl (C=O) groups excluding carboxylic acids is 1. The third-order valence-corrected chi connectivity index (χ3v) is 2.05. The van der Waals surface area contributed by atoms with Crippen LogP contribution in [-0.2, 0) is 4.79 Å². The van der Waals surface area contributed by atoms with E-state index in [1.165, 1.54) is 0 Å². The van der Waals surface area contributed by atoms with E-state index in [4.69, 9.17) is 0 Å². The van der Waals surface area contributed by atoms with E-state index in [1.54, 1.807) is 0 Å². The normalized spacial score (nSPS) is 33.6. The summed E-state index contributed by atoms with van der Waals surface area (Å²) in [6, 6.07) is 0. The summed E-state index contributed by atoms with van der Waals surface area (Å²) in [5.74, 6) is 0.513. The number of β-amino-alcohol motifs (C(OH)–C–C–N with tert-alkyl or cyclic N) is 1. The molecule has 11 heavy (non-hydrogen) atoms. The van der Waals surface area contributed by atoms with Gasteiger partial charge in [0.2, 0.25) is 0 Å². The molecule has 3 heteroatoms. The molecule has 1 rings (SSSR count). The van der Waals surface area contributed by atoms with Crippen molar-refractivity contribution in [2.24, 2.45) is 5.92 Å². The van der Waals surface area contributed by atoms with Crippen molar-refractivity contribution in [1.82, 2.24) is 4.90 Å². The van der Waals surface area contributed by atoms with Crippen LogP contribution in [0.5, 0.6) is 0 Å². The lowest BCUT2D eigenvalue weighted by Crippen LogP contribution is -2.42. The van der Waals surface area contributed by atoms with Crippen LogP contribution in [0.2, 0.25) is 0 Å². The van der Waals surface area contributed by atoms with Gasteiger partial charge in [-0.25, -0.2) is 0 Å². The molecular weight excluding hydrogens is 142 g/mol. The molecule has 1 aliphatic heterocycles. The first-order valence-electron chi connectivity index (χ1n) is 4.06. The molecule has 0 aromatic rings. The van der Waals surface area contributed by atoms with Gasteiger partial charge in [0.15, 0.2) is 0 Å². The molecule has 0 radical (unpaired) electrons. The first-order valence-corrected chi connectivity index (χ1v) is 4.06. The van der Waals surface area contributed by atoms with Crippen molar-refractivity contribution in [3.63, 3.8) is 0 Å². The lowest BCUT2D eigenvalue weighted by Gasteiger charge is -2.32. The van der Waals surface area contributed by atoms with E-state index in [0.717, 1.165) is 19.3 Å². The number of carbonyl (C=O) groups is 1. The van der Waals surface area contributed by atoms with Crippen molar-refractivity contribution in [3.8, 4) is 0 Å². The number of aldehydes is 1. The number of nitrogens with zero attached hydrogens (tertiary/aromatic N) is 1. The van der Waals surface area contributed by atoms with Gasteiger partial charge in [-0.15, -0.1) is 0 Å². The van der Waals surface area contributed by atoms with E-state index in [-0.39, 0.29) is 6.10 Å². The molecular formula is C8H15NO2. The van der Waals surface area contributed by atoms with Crippen molar-refractivity contribution >= 4 is 6.29 Å². The summed E-state index contributed by atoms with van der Waals surface area (Å²) in [6.45, 7) is 4.15. The maximum Gasteiger partial charge on any atom is 0.133 e. The zero-order valence-electron chi connectivity index (χ0n) is 6.86. The van der Waals surface area contributed by atoms with Gasteiger partial charge in [-0.1, -0.05) is 6.92 Å². The average molecular weight is 157 g/mol. The molecule has 2 atom stereocenters. The minimum atomic E-state index is -0.237. The molecule has 1 fully saturated rings. The minimum absolute atomic E-state index is 0.237. The molecule has 64 valence electrons. The first-order chi connectivity index (χ1) is 5.22. The van der Waals surface area contributed by atoms with Crippen LogP contribution in [0, 0.1) is 5.92 Å². The zero-order valence-corrected chi connectivity index (χ0v) is 6.86. The maximum atomic E-state index is 10.2. The molecule has 0 amide bonds. The molecule has 3 nitrogen and oxygen atoms in total. The van der Waals surface area contributed by atoms with Crippen LogP contribution in [0.1, 0.15) is 13.3 Å². The topological polar surface area (TPSA) is 40.5 Å². The fraction of sp³-hybridized carbons (Fsp3) is 0.875. The van der Waals surface area contributed by atoms with Crippen molar-refractivity contribution < 1.29 is 9.90 Å².